The summed E-state index contributed by atoms with van der Waals surface area (Å²) >= 11 is 0. The molecule has 0 aliphatic carbocycles. The van der Waals surface area contributed by atoms with Gasteiger partial charge in [-0.1, -0.05) is 0 Å². The standard InChI is InChI=1S/C5H6O5/c6-2-3(7)1-4(8)5(9)10/h2-3,7H,1H2,(H,9,10)/t3-/m0/s1. The van der Waals surface area contributed by atoms with Crippen molar-refractivity contribution >= 4 is 18.0 Å². The Morgan fingerprint density at radius 3 is 2.30 bits per heavy atom. The van der Waals surface area contributed by atoms with Crippen molar-refractivity contribution in [2.45, 2.75) is 12.5 Å². The van der Waals surface area contributed by atoms with Gasteiger partial charge in [-0.2, -0.15) is 0 Å². The number of hydrogen-bond donors (Lipinski definition) is 2. The molecule has 0 heterocycles. The molecule has 0 aromatic heterocycles. The Labute approximate surface area is 56.3 Å². The van der Waals surface area contributed by atoms with Crippen molar-refractivity contribution in [2.24, 2.45) is 0 Å². The van der Waals surface area contributed by atoms with E-state index in [2.05, 4.69) is 0 Å². The molecule has 0 fully saturated rings. The Kier molecular flexibility index (Phi) is 3.27. The highest BCUT2D eigenvalue weighted by molar-refractivity contribution is 6.33. The van der Waals surface area contributed by atoms with Gasteiger partial charge in [0.15, 0.2) is 0 Å². The first-order chi connectivity index (χ1) is 4.57. The average Bonchev–Trinajstić information content (AvgIpc) is 1.87. The fourth-order valence-corrected chi connectivity index (χ4v) is 0.325. The van der Waals surface area contributed by atoms with Crippen LogP contribution in [0.1, 0.15) is 6.42 Å². The molecule has 0 bridgehead atoms. The molecule has 2 N–H and O–H groups in total. The summed E-state index contributed by atoms with van der Waals surface area (Å²) in [6.07, 6.45) is -2.04. The molecule has 0 radical (unpaired) electrons. The molecule has 0 aliphatic rings. The van der Waals surface area contributed by atoms with Crippen LogP contribution < -0.4 is 0 Å². The van der Waals surface area contributed by atoms with Crippen LogP contribution in [-0.4, -0.2) is 34.4 Å². The van der Waals surface area contributed by atoms with Gasteiger partial charge >= 0.3 is 5.97 Å². The second kappa shape index (κ2) is 3.73. The molecule has 1 atom stereocenters. The van der Waals surface area contributed by atoms with Crippen LogP contribution in [-0.2, 0) is 14.4 Å². The van der Waals surface area contributed by atoms with E-state index in [0.717, 1.165) is 0 Å². The fraction of sp³-hybridized carbons (Fsp3) is 0.400. The summed E-state index contributed by atoms with van der Waals surface area (Å²) in [6.45, 7) is 0. The predicted octanol–water partition coefficient (Wildman–Crippen LogP) is -1.41. The average molecular weight is 146 g/mol. The number of aliphatic carboxylic acids is 1. The third-order valence-corrected chi connectivity index (χ3v) is 0.790. The van der Waals surface area contributed by atoms with Gasteiger partial charge in [0.2, 0.25) is 5.78 Å². The van der Waals surface area contributed by atoms with E-state index in [1.54, 1.807) is 0 Å². The van der Waals surface area contributed by atoms with E-state index in [0.29, 0.717) is 0 Å². The Balaban J connectivity index is 3.79. The number of carboxylic acid groups (broad SMARTS) is 1. The number of aliphatic hydroxyl groups excluding tert-OH is 1. The van der Waals surface area contributed by atoms with E-state index in [1.165, 1.54) is 0 Å². The van der Waals surface area contributed by atoms with Crippen molar-refractivity contribution < 1.29 is 24.6 Å². The van der Waals surface area contributed by atoms with Crippen LogP contribution in [0.25, 0.3) is 0 Å². The summed E-state index contributed by atoms with van der Waals surface area (Å²) in [5.74, 6) is -2.81. The highest BCUT2D eigenvalue weighted by Crippen LogP contribution is 1.88. The lowest BCUT2D eigenvalue weighted by Crippen LogP contribution is -2.20. The monoisotopic (exact) mass is 146 g/mol. The van der Waals surface area contributed by atoms with Crippen LogP contribution in [0.3, 0.4) is 0 Å². The second-order valence-electron chi connectivity index (χ2n) is 1.64. The quantitative estimate of drug-likeness (QED) is 0.375. The van der Waals surface area contributed by atoms with Gasteiger partial charge in [0, 0.05) is 0 Å². The largest absolute Gasteiger partial charge is 0.475 e. The zero-order chi connectivity index (χ0) is 8.15. The van der Waals surface area contributed by atoms with Crippen LogP contribution in [0.15, 0.2) is 0 Å². The van der Waals surface area contributed by atoms with Gasteiger partial charge in [-0.3, -0.25) is 4.79 Å². The molecule has 56 valence electrons. The highest BCUT2D eigenvalue weighted by atomic mass is 16.4. The Morgan fingerprint density at radius 1 is 1.50 bits per heavy atom. The number of aldehydes is 1. The van der Waals surface area contributed by atoms with Crippen LogP contribution in [0, 0.1) is 0 Å². The number of carbonyl (C=O) groups excluding carboxylic acids is 2. The Morgan fingerprint density at radius 2 is 2.00 bits per heavy atom. The molecule has 0 aromatic carbocycles. The van der Waals surface area contributed by atoms with E-state index in [1.807, 2.05) is 0 Å². The van der Waals surface area contributed by atoms with E-state index >= 15 is 0 Å². The second-order valence-corrected chi connectivity index (χ2v) is 1.64. The van der Waals surface area contributed by atoms with Crippen molar-refractivity contribution in [2.75, 3.05) is 0 Å². The smallest absolute Gasteiger partial charge is 0.372 e. The lowest BCUT2D eigenvalue weighted by Gasteiger charge is -1.95. The maximum absolute atomic E-state index is 10.2. The fourth-order valence-electron chi connectivity index (χ4n) is 0.325. The van der Waals surface area contributed by atoms with Crippen molar-refractivity contribution in [1.29, 1.82) is 0 Å². The van der Waals surface area contributed by atoms with Gasteiger partial charge in [-0.05, 0) is 0 Å². The molecule has 0 unspecified atom stereocenters. The van der Waals surface area contributed by atoms with Crippen LogP contribution in [0.4, 0.5) is 0 Å². The number of carboxylic acids is 1. The first kappa shape index (κ1) is 8.77. The van der Waals surface area contributed by atoms with Crippen molar-refractivity contribution in [1.82, 2.24) is 0 Å². The molecular formula is C5H6O5. The van der Waals surface area contributed by atoms with E-state index in [-0.39, 0.29) is 6.29 Å². The maximum Gasteiger partial charge on any atom is 0.372 e. The molecule has 0 spiro atoms. The van der Waals surface area contributed by atoms with Crippen molar-refractivity contribution in [3.8, 4) is 0 Å². The molecule has 10 heavy (non-hydrogen) atoms. The molecular weight excluding hydrogens is 140 g/mol. The minimum absolute atomic E-state index is 0.112. The number of rotatable bonds is 4. The Bertz CT molecular complexity index is 161. The van der Waals surface area contributed by atoms with E-state index in [9.17, 15) is 14.4 Å². The molecule has 5 heteroatoms. The van der Waals surface area contributed by atoms with Crippen LogP contribution >= 0.6 is 0 Å². The SMILES string of the molecule is O=C[C@@H](O)CC(=O)C(=O)O. The third kappa shape index (κ3) is 2.93. The summed E-state index contributed by atoms with van der Waals surface area (Å²) in [4.78, 5) is 29.6. The summed E-state index contributed by atoms with van der Waals surface area (Å²) < 4.78 is 0. The topological polar surface area (TPSA) is 91.7 Å². The molecule has 0 aromatic rings. The molecule has 0 amide bonds. The highest BCUT2D eigenvalue weighted by Gasteiger charge is 2.15. The van der Waals surface area contributed by atoms with Crippen LogP contribution in [0.2, 0.25) is 0 Å². The summed E-state index contributed by atoms with van der Waals surface area (Å²) in [5, 5.41) is 16.4. The van der Waals surface area contributed by atoms with Crippen molar-refractivity contribution in [3.05, 3.63) is 0 Å². The molecule has 0 saturated carbocycles. The summed E-state index contributed by atoms with van der Waals surface area (Å²) in [5.41, 5.74) is 0. The minimum Gasteiger partial charge on any atom is -0.475 e. The first-order valence-electron chi connectivity index (χ1n) is 2.47. The number of carbonyl (C=O) groups is 3. The van der Waals surface area contributed by atoms with Gasteiger partial charge in [0.25, 0.3) is 0 Å². The molecule has 0 aliphatic heterocycles. The normalized spacial score (nSPS) is 12.1. The maximum atomic E-state index is 10.2. The number of ketones is 1. The van der Waals surface area contributed by atoms with Gasteiger partial charge in [-0.25, -0.2) is 4.79 Å². The number of aliphatic hydroxyl groups is 1. The van der Waals surface area contributed by atoms with Crippen molar-refractivity contribution in [3.63, 3.8) is 0 Å². The van der Waals surface area contributed by atoms with E-state index in [4.69, 9.17) is 10.2 Å². The first-order valence-corrected chi connectivity index (χ1v) is 2.47. The molecule has 5 nitrogen and oxygen atoms in total. The lowest BCUT2D eigenvalue weighted by atomic mass is 10.2. The Hall–Kier alpha value is -1.23. The lowest BCUT2D eigenvalue weighted by molar-refractivity contribution is -0.150. The van der Waals surface area contributed by atoms with Gasteiger partial charge < -0.3 is 15.0 Å². The number of Topliss-reactive ketones (excluding diaryl/α,β-unsaturated/α-hetero) is 1. The molecule has 0 rings (SSSR count). The zero-order valence-corrected chi connectivity index (χ0v) is 4.98. The number of hydrogen-bond acceptors (Lipinski definition) is 4. The van der Waals surface area contributed by atoms with Gasteiger partial charge in [-0.15, -0.1) is 0 Å². The third-order valence-electron chi connectivity index (χ3n) is 0.790. The van der Waals surface area contributed by atoms with Gasteiger partial charge in [0.1, 0.15) is 12.4 Å². The minimum atomic E-state index is -1.64. The molecule has 0 saturated heterocycles. The van der Waals surface area contributed by atoms with Gasteiger partial charge in [0.05, 0.1) is 6.42 Å². The van der Waals surface area contributed by atoms with Crippen LogP contribution in [0.5, 0.6) is 0 Å². The summed E-state index contributed by atoms with van der Waals surface area (Å²) in [6, 6.07) is 0. The summed E-state index contributed by atoms with van der Waals surface area (Å²) in [7, 11) is 0. The zero-order valence-electron chi connectivity index (χ0n) is 4.98. The predicted molar refractivity (Wildman–Crippen MR) is 29.3 cm³/mol. The van der Waals surface area contributed by atoms with E-state index < -0.39 is 24.3 Å².